The third-order valence-corrected chi connectivity index (χ3v) is 3.24. The summed E-state index contributed by atoms with van der Waals surface area (Å²) in [7, 11) is 1.94. The van der Waals surface area contributed by atoms with Crippen molar-refractivity contribution in [2.75, 3.05) is 12.1 Å². The molecule has 0 N–H and O–H groups in total. The van der Waals surface area contributed by atoms with Crippen LogP contribution in [0.2, 0.25) is 0 Å². The van der Waals surface area contributed by atoms with Crippen LogP contribution in [0.1, 0.15) is 0 Å². The SMILES string of the molecule is CN1C=NN(c2[c-]cccc2)[CH-]1.[Ir+3].[c-]1ccccc1-c1ccccn1. The molecule has 0 spiro atoms. The summed E-state index contributed by atoms with van der Waals surface area (Å²) in [4.78, 5) is 6.11. The molecule has 0 atom stereocenters. The molecule has 2 heterocycles. The summed E-state index contributed by atoms with van der Waals surface area (Å²) in [5.41, 5.74) is 2.97. The first kappa shape index (κ1) is 18.8. The summed E-state index contributed by atoms with van der Waals surface area (Å²) in [6, 6.07) is 27.6. The molecule has 0 radical (unpaired) electrons. The monoisotopic (exact) mass is 506 g/mol. The summed E-state index contributed by atoms with van der Waals surface area (Å²) >= 11 is 0. The average Bonchev–Trinajstić information content (AvgIpc) is 3.11. The molecule has 4 rings (SSSR count). The molecule has 0 unspecified atom stereocenters. The van der Waals surface area contributed by atoms with Gasteiger partial charge in [0.15, 0.2) is 0 Å². The summed E-state index contributed by atoms with van der Waals surface area (Å²) < 4.78 is 0. The maximum atomic E-state index is 4.22. The van der Waals surface area contributed by atoms with Crippen molar-refractivity contribution in [2.45, 2.75) is 0 Å². The number of rotatable bonds is 2. The van der Waals surface area contributed by atoms with Crippen molar-refractivity contribution in [1.82, 2.24) is 9.88 Å². The average molecular weight is 506 g/mol. The fourth-order valence-corrected chi connectivity index (χ4v) is 2.09. The predicted octanol–water partition coefficient (Wildman–Crippen LogP) is 3.85. The van der Waals surface area contributed by atoms with Crippen molar-refractivity contribution >= 4 is 12.0 Å². The van der Waals surface area contributed by atoms with Gasteiger partial charge in [0.25, 0.3) is 0 Å². The first-order valence-electron chi connectivity index (χ1n) is 7.58. The molecule has 0 bridgehead atoms. The van der Waals surface area contributed by atoms with Gasteiger partial charge in [-0.1, -0.05) is 17.8 Å². The number of anilines is 1. The molecule has 0 saturated heterocycles. The van der Waals surface area contributed by atoms with Crippen LogP contribution in [0.3, 0.4) is 0 Å². The first-order chi connectivity index (χ1) is 11.8. The van der Waals surface area contributed by atoms with Crippen LogP contribution >= 0.6 is 0 Å². The zero-order chi connectivity index (χ0) is 16.6. The molecule has 0 amide bonds. The zero-order valence-corrected chi connectivity index (χ0v) is 16.1. The number of hydrazone groups is 1. The van der Waals surface area contributed by atoms with Crippen molar-refractivity contribution in [1.29, 1.82) is 0 Å². The molecule has 0 aliphatic carbocycles. The molecule has 1 aromatic heterocycles. The topological polar surface area (TPSA) is 31.7 Å². The van der Waals surface area contributed by atoms with Crippen molar-refractivity contribution in [3.05, 3.63) is 91.7 Å². The number of hydrogen-bond donors (Lipinski definition) is 0. The molecule has 2 aromatic carbocycles. The molecular weight excluding hydrogens is 488 g/mol. The molecular formula is C20H17IrN4. The van der Waals surface area contributed by atoms with Crippen LogP contribution in [0.4, 0.5) is 5.69 Å². The molecule has 3 aromatic rings. The van der Waals surface area contributed by atoms with E-state index in [0.717, 1.165) is 16.9 Å². The minimum Gasteiger partial charge on any atom is -0.493 e. The molecule has 5 heteroatoms. The van der Waals surface area contributed by atoms with Crippen LogP contribution in [-0.2, 0) is 20.1 Å². The van der Waals surface area contributed by atoms with Crippen LogP contribution in [0.25, 0.3) is 11.3 Å². The fourth-order valence-electron chi connectivity index (χ4n) is 2.09. The number of pyridine rings is 1. The Morgan fingerprint density at radius 2 is 1.68 bits per heavy atom. The number of benzene rings is 2. The normalized spacial score (nSPS) is 12.2. The summed E-state index contributed by atoms with van der Waals surface area (Å²) in [5.74, 6) is 0. The molecule has 4 nitrogen and oxygen atoms in total. The Bertz CT molecular complexity index is 726. The summed E-state index contributed by atoms with van der Waals surface area (Å²) in [6.45, 7) is 1.89. The molecule has 0 fully saturated rings. The van der Waals surface area contributed by atoms with Gasteiger partial charge in [0.2, 0.25) is 0 Å². The minimum atomic E-state index is 0. The standard InChI is InChI=1S/C11H8N.C9H9N3.Ir/c1-2-6-10(7-3-1)11-8-4-5-9-12-11;1-11-7-10-12(8-11)9-5-3-2-4-6-9;/h1-6,8-9H;2-5,7-8H,1H3;/q-1;-2;+3. The molecule has 1 aliphatic heterocycles. The van der Waals surface area contributed by atoms with Crippen LogP contribution < -0.4 is 5.01 Å². The van der Waals surface area contributed by atoms with E-state index >= 15 is 0 Å². The van der Waals surface area contributed by atoms with Crippen molar-refractivity contribution in [2.24, 2.45) is 5.10 Å². The van der Waals surface area contributed by atoms with E-state index < -0.39 is 0 Å². The van der Waals surface area contributed by atoms with Crippen LogP contribution in [0.5, 0.6) is 0 Å². The van der Waals surface area contributed by atoms with Crippen LogP contribution in [0, 0.1) is 18.8 Å². The smallest absolute Gasteiger partial charge is 0.493 e. The Hall–Kier alpha value is -2.49. The third-order valence-electron chi connectivity index (χ3n) is 3.24. The Morgan fingerprint density at radius 3 is 2.24 bits per heavy atom. The molecule has 1 aliphatic rings. The Morgan fingerprint density at radius 1 is 0.920 bits per heavy atom. The third kappa shape index (κ3) is 5.52. The van der Waals surface area contributed by atoms with Gasteiger partial charge in [0.1, 0.15) is 0 Å². The van der Waals surface area contributed by atoms with E-state index in [4.69, 9.17) is 0 Å². The molecule has 0 saturated carbocycles. The number of aromatic nitrogens is 1. The van der Waals surface area contributed by atoms with Gasteiger partial charge >= 0.3 is 20.1 Å². The van der Waals surface area contributed by atoms with E-state index in [2.05, 4.69) is 22.2 Å². The number of nitrogens with zero attached hydrogens (tertiary/aromatic N) is 4. The number of hydrogen-bond acceptors (Lipinski definition) is 4. The zero-order valence-electron chi connectivity index (χ0n) is 13.7. The second kappa shape index (κ2) is 9.72. The van der Waals surface area contributed by atoms with Crippen molar-refractivity contribution in [3.8, 4) is 11.3 Å². The van der Waals surface area contributed by atoms with E-state index in [9.17, 15) is 0 Å². The fraction of sp³-hybridized carbons (Fsp3) is 0.0500. The Labute approximate surface area is 162 Å². The quantitative estimate of drug-likeness (QED) is 0.496. The molecule has 25 heavy (non-hydrogen) atoms. The molecule has 126 valence electrons. The van der Waals surface area contributed by atoms with E-state index in [1.165, 1.54) is 0 Å². The predicted molar refractivity (Wildman–Crippen MR) is 96.8 cm³/mol. The summed E-state index contributed by atoms with van der Waals surface area (Å²) in [5, 5.41) is 5.91. The minimum absolute atomic E-state index is 0. The number of para-hydroxylation sites is 1. The van der Waals surface area contributed by atoms with Gasteiger partial charge in [-0.25, -0.2) is 0 Å². The van der Waals surface area contributed by atoms with Crippen LogP contribution in [0.15, 0.2) is 78.0 Å². The largest absolute Gasteiger partial charge is 3.00 e. The van der Waals surface area contributed by atoms with E-state index in [1.54, 1.807) is 17.5 Å². The van der Waals surface area contributed by atoms with Gasteiger partial charge < -0.3 is 14.9 Å². The maximum Gasteiger partial charge on any atom is 3.00 e. The van der Waals surface area contributed by atoms with E-state index in [0.29, 0.717) is 0 Å². The second-order valence-corrected chi connectivity index (χ2v) is 5.10. The van der Waals surface area contributed by atoms with Gasteiger partial charge in [0, 0.05) is 6.20 Å². The van der Waals surface area contributed by atoms with E-state index in [1.807, 2.05) is 85.3 Å². The van der Waals surface area contributed by atoms with Crippen LogP contribution in [-0.4, -0.2) is 23.3 Å². The van der Waals surface area contributed by atoms with Gasteiger partial charge in [-0.15, -0.1) is 48.6 Å². The summed E-state index contributed by atoms with van der Waals surface area (Å²) in [6.07, 6.45) is 3.54. The van der Waals surface area contributed by atoms with Crippen molar-refractivity contribution < 1.29 is 20.1 Å². The van der Waals surface area contributed by atoms with Gasteiger partial charge in [-0.05, 0) is 18.8 Å². The second-order valence-electron chi connectivity index (χ2n) is 5.10. The van der Waals surface area contributed by atoms with E-state index in [-0.39, 0.29) is 20.1 Å². The van der Waals surface area contributed by atoms with Gasteiger partial charge in [-0.3, -0.25) is 0 Å². The Kier molecular flexibility index (Phi) is 7.33. The van der Waals surface area contributed by atoms with Crippen molar-refractivity contribution in [3.63, 3.8) is 0 Å². The van der Waals surface area contributed by atoms with Gasteiger partial charge in [0.05, 0.1) is 6.34 Å². The van der Waals surface area contributed by atoms with Gasteiger partial charge in [-0.2, -0.15) is 29.4 Å². The maximum absolute atomic E-state index is 4.22. The Balaban J connectivity index is 0.000000173. The first-order valence-corrected chi connectivity index (χ1v) is 7.58.